The molecule has 9 heteroatoms. The van der Waals surface area contributed by atoms with Crippen molar-refractivity contribution in [3.05, 3.63) is 0 Å². The van der Waals surface area contributed by atoms with Crippen LogP contribution in [-0.2, 0) is 24.0 Å². The minimum Gasteiger partial charge on any atom is -0.347 e. The molecular weight excluding hydrogens is 340 g/mol. The van der Waals surface area contributed by atoms with Crippen LogP contribution in [0.2, 0.25) is 0 Å². The SMILES string of the molecule is CCCCC(C=O)NC(=O)C1CCCN1C(=O)CNC(=O)CNC(C)=O. The molecule has 2 atom stereocenters. The fraction of sp³-hybridized carbons (Fsp3) is 0.706. The molecular formula is C17H28N4O5. The zero-order valence-electron chi connectivity index (χ0n) is 15.4. The van der Waals surface area contributed by atoms with Crippen LogP contribution in [0.15, 0.2) is 0 Å². The van der Waals surface area contributed by atoms with E-state index in [-0.39, 0.29) is 30.8 Å². The number of amides is 4. The highest BCUT2D eigenvalue weighted by Gasteiger charge is 2.34. The van der Waals surface area contributed by atoms with Crippen molar-refractivity contribution in [3.63, 3.8) is 0 Å². The topological polar surface area (TPSA) is 125 Å². The molecule has 0 saturated carbocycles. The lowest BCUT2D eigenvalue weighted by Crippen LogP contribution is -2.51. The van der Waals surface area contributed by atoms with Crippen molar-refractivity contribution >= 4 is 29.9 Å². The smallest absolute Gasteiger partial charge is 0.243 e. The Morgan fingerprint density at radius 2 is 1.92 bits per heavy atom. The molecule has 4 amide bonds. The summed E-state index contributed by atoms with van der Waals surface area (Å²) in [7, 11) is 0. The summed E-state index contributed by atoms with van der Waals surface area (Å²) >= 11 is 0. The monoisotopic (exact) mass is 368 g/mol. The molecule has 1 aliphatic heterocycles. The number of hydrogen-bond acceptors (Lipinski definition) is 5. The molecule has 3 N–H and O–H groups in total. The van der Waals surface area contributed by atoms with Crippen molar-refractivity contribution < 1.29 is 24.0 Å². The molecule has 0 aromatic heterocycles. The molecule has 146 valence electrons. The molecule has 2 unspecified atom stereocenters. The van der Waals surface area contributed by atoms with E-state index >= 15 is 0 Å². The normalized spacial score (nSPS) is 17.3. The quantitative estimate of drug-likeness (QED) is 0.431. The van der Waals surface area contributed by atoms with Crippen molar-refractivity contribution in [1.29, 1.82) is 0 Å². The number of hydrogen-bond donors (Lipinski definition) is 3. The molecule has 0 spiro atoms. The Balaban J connectivity index is 2.51. The lowest BCUT2D eigenvalue weighted by Gasteiger charge is -2.25. The molecule has 0 radical (unpaired) electrons. The predicted octanol–water partition coefficient (Wildman–Crippen LogP) is -0.896. The lowest BCUT2D eigenvalue weighted by atomic mass is 10.1. The van der Waals surface area contributed by atoms with Crippen LogP contribution in [0.5, 0.6) is 0 Å². The van der Waals surface area contributed by atoms with E-state index in [4.69, 9.17) is 0 Å². The van der Waals surface area contributed by atoms with Gasteiger partial charge in [0.1, 0.15) is 12.3 Å². The number of aldehydes is 1. The Bertz CT molecular complexity index is 537. The van der Waals surface area contributed by atoms with Gasteiger partial charge in [0.25, 0.3) is 0 Å². The Hall–Kier alpha value is -2.45. The van der Waals surface area contributed by atoms with E-state index in [1.165, 1.54) is 11.8 Å². The van der Waals surface area contributed by atoms with Crippen molar-refractivity contribution in [2.45, 2.75) is 58.0 Å². The molecule has 0 aliphatic carbocycles. The molecule has 1 saturated heterocycles. The third-order valence-corrected chi connectivity index (χ3v) is 4.17. The highest BCUT2D eigenvalue weighted by Crippen LogP contribution is 2.17. The lowest BCUT2D eigenvalue weighted by molar-refractivity contribution is -0.139. The van der Waals surface area contributed by atoms with Gasteiger partial charge in [-0.3, -0.25) is 19.2 Å². The molecule has 9 nitrogen and oxygen atoms in total. The maximum absolute atomic E-state index is 12.4. The summed E-state index contributed by atoms with van der Waals surface area (Å²) < 4.78 is 0. The van der Waals surface area contributed by atoms with Gasteiger partial charge in [0.2, 0.25) is 23.6 Å². The summed E-state index contributed by atoms with van der Waals surface area (Å²) in [4.78, 5) is 59.5. The van der Waals surface area contributed by atoms with Crippen LogP contribution in [0.1, 0.15) is 46.0 Å². The second-order valence-corrected chi connectivity index (χ2v) is 6.33. The fourth-order valence-electron chi connectivity index (χ4n) is 2.76. The molecule has 1 aliphatic rings. The number of rotatable bonds is 10. The number of nitrogens with one attached hydrogen (secondary N) is 3. The number of carbonyl (C=O) groups excluding carboxylic acids is 5. The van der Waals surface area contributed by atoms with Crippen LogP contribution in [0.25, 0.3) is 0 Å². The van der Waals surface area contributed by atoms with Gasteiger partial charge < -0.3 is 25.6 Å². The van der Waals surface area contributed by atoms with Gasteiger partial charge in [-0.2, -0.15) is 0 Å². The summed E-state index contributed by atoms with van der Waals surface area (Å²) in [5.74, 6) is -1.52. The van der Waals surface area contributed by atoms with Crippen LogP contribution >= 0.6 is 0 Å². The Kier molecular flexibility index (Phi) is 9.32. The van der Waals surface area contributed by atoms with Crippen molar-refractivity contribution in [2.24, 2.45) is 0 Å². The standard InChI is InChI=1S/C17H28N4O5/c1-3-4-6-13(11-22)20-17(26)14-7-5-8-21(14)16(25)10-19-15(24)9-18-12(2)23/h11,13-14H,3-10H2,1-2H3,(H,18,23)(H,19,24)(H,20,26). The van der Waals surface area contributed by atoms with E-state index in [9.17, 15) is 24.0 Å². The van der Waals surface area contributed by atoms with E-state index in [1.54, 1.807) is 0 Å². The molecule has 26 heavy (non-hydrogen) atoms. The van der Waals surface area contributed by atoms with Gasteiger partial charge in [0.05, 0.1) is 19.1 Å². The summed E-state index contributed by atoms with van der Waals surface area (Å²) in [6, 6.07) is -1.17. The van der Waals surface area contributed by atoms with E-state index in [1.807, 2.05) is 6.92 Å². The number of likely N-dealkylation sites (tertiary alicyclic amines) is 1. The van der Waals surface area contributed by atoms with Crippen LogP contribution in [0.3, 0.4) is 0 Å². The third-order valence-electron chi connectivity index (χ3n) is 4.17. The maximum Gasteiger partial charge on any atom is 0.243 e. The fourth-order valence-corrected chi connectivity index (χ4v) is 2.76. The van der Waals surface area contributed by atoms with Crippen LogP contribution < -0.4 is 16.0 Å². The second kappa shape index (κ2) is 11.2. The van der Waals surface area contributed by atoms with Crippen LogP contribution in [0, 0.1) is 0 Å². The van der Waals surface area contributed by atoms with Gasteiger partial charge in [-0.1, -0.05) is 19.8 Å². The van der Waals surface area contributed by atoms with Crippen molar-refractivity contribution in [3.8, 4) is 0 Å². The molecule has 1 heterocycles. The van der Waals surface area contributed by atoms with Gasteiger partial charge in [0.15, 0.2) is 0 Å². The van der Waals surface area contributed by atoms with Gasteiger partial charge in [-0.05, 0) is 19.3 Å². The molecule has 1 fully saturated rings. The van der Waals surface area contributed by atoms with Crippen LogP contribution in [0.4, 0.5) is 0 Å². The first-order chi connectivity index (χ1) is 12.4. The van der Waals surface area contributed by atoms with E-state index in [2.05, 4.69) is 16.0 Å². The van der Waals surface area contributed by atoms with Crippen LogP contribution in [-0.4, -0.2) is 66.5 Å². The second-order valence-electron chi connectivity index (χ2n) is 6.33. The average Bonchev–Trinajstić information content (AvgIpc) is 3.11. The van der Waals surface area contributed by atoms with Crippen molar-refractivity contribution in [1.82, 2.24) is 20.9 Å². The summed E-state index contributed by atoms with van der Waals surface area (Å²) in [6.45, 7) is 3.28. The zero-order chi connectivity index (χ0) is 19.5. The summed E-state index contributed by atoms with van der Waals surface area (Å²) in [5.41, 5.74) is 0. The third kappa shape index (κ3) is 7.20. The van der Waals surface area contributed by atoms with Gasteiger partial charge >= 0.3 is 0 Å². The number of unbranched alkanes of at least 4 members (excludes halogenated alkanes) is 1. The highest BCUT2D eigenvalue weighted by molar-refractivity contribution is 5.92. The summed E-state index contributed by atoms with van der Waals surface area (Å²) in [5, 5.41) is 7.45. The molecule has 1 rings (SSSR count). The molecule has 0 aromatic rings. The van der Waals surface area contributed by atoms with E-state index in [0.717, 1.165) is 19.1 Å². The summed E-state index contributed by atoms with van der Waals surface area (Å²) in [6.07, 6.45) is 4.26. The first-order valence-electron chi connectivity index (χ1n) is 8.95. The maximum atomic E-state index is 12.4. The first-order valence-corrected chi connectivity index (χ1v) is 8.95. The minimum atomic E-state index is -0.626. The number of carbonyl (C=O) groups is 5. The number of nitrogens with zero attached hydrogens (tertiary/aromatic N) is 1. The Labute approximate surface area is 153 Å². The van der Waals surface area contributed by atoms with Gasteiger partial charge in [0, 0.05) is 13.5 Å². The average molecular weight is 368 g/mol. The van der Waals surface area contributed by atoms with Gasteiger partial charge in [-0.25, -0.2) is 0 Å². The minimum absolute atomic E-state index is 0.203. The highest BCUT2D eigenvalue weighted by atomic mass is 16.2. The van der Waals surface area contributed by atoms with E-state index in [0.29, 0.717) is 25.8 Å². The Morgan fingerprint density at radius 1 is 1.19 bits per heavy atom. The molecule has 0 bridgehead atoms. The molecule has 0 aromatic carbocycles. The Morgan fingerprint density at radius 3 is 2.54 bits per heavy atom. The van der Waals surface area contributed by atoms with Crippen molar-refractivity contribution in [2.75, 3.05) is 19.6 Å². The predicted molar refractivity (Wildman–Crippen MR) is 93.9 cm³/mol. The largest absolute Gasteiger partial charge is 0.347 e. The zero-order valence-corrected chi connectivity index (χ0v) is 15.4. The van der Waals surface area contributed by atoms with E-state index < -0.39 is 18.0 Å². The van der Waals surface area contributed by atoms with Gasteiger partial charge in [-0.15, -0.1) is 0 Å². The first kappa shape index (κ1) is 21.6.